The summed E-state index contributed by atoms with van der Waals surface area (Å²) in [6, 6.07) is 0. The Morgan fingerprint density at radius 1 is 1.35 bits per heavy atom. The molecule has 0 aromatic rings. The molecule has 5 atom stereocenters. The van der Waals surface area contributed by atoms with Gasteiger partial charge in [-0.2, -0.15) is 0 Å². The van der Waals surface area contributed by atoms with E-state index < -0.39 is 11.7 Å². The van der Waals surface area contributed by atoms with Crippen LogP contribution in [0.1, 0.15) is 54.9 Å². The van der Waals surface area contributed by atoms with Gasteiger partial charge in [0.1, 0.15) is 0 Å². The van der Waals surface area contributed by atoms with Crippen molar-refractivity contribution in [3.63, 3.8) is 0 Å². The lowest BCUT2D eigenvalue weighted by atomic mass is 9.77. The van der Waals surface area contributed by atoms with Gasteiger partial charge < -0.3 is 14.6 Å². The first-order chi connectivity index (χ1) is 9.04. The van der Waals surface area contributed by atoms with E-state index >= 15 is 0 Å². The van der Waals surface area contributed by atoms with E-state index in [1.807, 2.05) is 0 Å². The molecule has 0 saturated carbocycles. The highest BCUT2D eigenvalue weighted by atomic mass is 16.6. The molecular weight excluding hydrogens is 256 g/mol. The lowest BCUT2D eigenvalue weighted by Crippen LogP contribution is -2.54. The number of hydrogen-bond acceptors (Lipinski definition) is 4. The van der Waals surface area contributed by atoms with Crippen molar-refractivity contribution in [2.45, 2.75) is 78.8 Å². The molecule has 118 valence electrons. The highest BCUT2D eigenvalue weighted by molar-refractivity contribution is 5.66. The molecule has 1 aliphatic rings. The van der Waals surface area contributed by atoms with Crippen LogP contribution in [-0.4, -0.2) is 35.0 Å². The van der Waals surface area contributed by atoms with Crippen LogP contribution in [0, 0.1) is 17.8 Å². The molecule has 4 nitrogen and oxygen atoms in total. The van der Waals surface area contributed by atoms with E-state index in [0.717, 1.165) is 6.42 Å². The summed E-state index contributed by atoms with van der Waals surface area (Å²) in [4.78, 5) is 11.3. The molecule has 4 heteroatoms. The van der Waals surface area contributed by atoms with Crippen LogP contribution in [-0.2, 0) is 14.3 Å². The normalized spacial score (nSPS) is 33.0. The Bertz CT molecular complexity index is 332. The van der Waals surface area contributed by atoms with Crippen molar-refractivity contribution in [2.75, 3.05) is 0 Å². The molecule has 1 heterocycles. The predicted octanol–water partition coefficient (Wildman–Crippen LogP) is 2.77. The summed E-state index contributed by atoms with van der Waals surface area (Å²) < 4.78 is 11.5. The van der Waals surface area contributed by atoms with Gasteiger partial charge >= 0.3 is 5.97 Å². The number of hydrogen-bond donors (Lipinski definition) is 1. The minimum absolute atomic E-state index is 0.129. The second-order valence-corrected chi connectivity index (χ2v) is 7.14. The van der Waals surface area contributed by atoms with Crippen LogP contribution in [0.4, 0.5) is 0 Å². The van der Waals surface area contributed by atoms with Crippen LogP contribution >= 0.6 is 0 Å². The molecule has 0 bridgehead atoms. The molecule has 1 rings (SSSR count). The zero-order chi connectivity index (χ0) is 15.7. The molecule has 0 radical (unpaired) electrons. The van der Waals surface area contributed by atoms with Crippen molar-refractivity contribution >= 4 is 5.97 Å². The van der Waals surface area contributed by atoms with Gasteiger partial charge in [-0.15, -0.1) is 0 Å². The summed E-state index contributed by atoms with van der Waals surface area (Å²) in [5.41, 5.74) is -1.11. The molecule has 20 heavy (non-hydrogen) atoms. The fraction of sp³-hybridized carbons (Fsp3) is 0.938. The zero-order valence-electron chi connectivity index (χ0n) is 13.8. The first-order valence-corrected chi connectivity index (χ1v) is 7.59. The van der Waals surface area contributed by atoms with Crippen molar-refractivity contribution in [2.24, 2.45) is 17.8 Å². The van der Waals surface area contributed by atoms with Gasteiger partial charge in [0.15, 0.2) is 6.10 Å². The van der Waals surface area contributed by atoms with Gasteiger partial charge in [-0.25, -0.2) is 0 Å². The first kappa shape index (κ1) is 17.4. The smallest absolute Gasteiger partial charge is 0.303 e. The van der Waals surface area contributed by atoms with E-state index in [1.54, 1.807) is 13.8 Å². The van der Waals surface area contributed by atoms with Gasteiger partial charge in [0.05, 0.1) is 17.8 Å². The standard InChI is InChI=1S/C16H30O4/c1-9(2)14-11(4)10(3)8-13(20-14)15(16(6,7)18)19-12(5)17/h9-11,13-15,18H,8H2,1-7H3/t10-,11?,13?,14?,15+/m1/s1. The van der Waals surface area contributed by atoms with Gasteiger partial charge in [-0.3, -0.25) is 4.79 Å². The predicted molar refractivity (Wildman–Crippen MR) is 78.3 cm³/mol. The van der Waals surface area contributed by atoms with E-state index in [-0.39, 0.29) is 18.2 Å². The third kappa shape index (κ3) is 4.19. The minimum atomic E-state index is -1.11. The fourth-order valence-electron chi connectivity index (χ4n) is 3.10. The second kappa shape index (κ2) is 6.44. The molecule has 0 aromatic carbocycles. The summed E-state index contributed by atoms with van der Waals surface area (Å²) in [5.74, 6) is 0.954. The summed E-state index contributed by atoms with van der Waals surface area (Å²) in [6.07, 6.45) is 0.0460. The maximum absolute atomic E-state index is 11.3. The molecule has 1 N–H and O–H groups in total. The summed E-state index contributed by atoms with van der Waals surface area (Å²) in [7, 11) is 0. The van der Waals surface area contributed by atoms with Crippen LogP contribution in [0.2, 0.25) is 0 Å². The Morgan fingerprint density at radius 3 is 2.30 bits per heavy atom. The van der Waals surface area contributed by atoms with Gasteiger partial charge in [-0.05, 0) is 38.0 Å². The van der Waals surface area contributed by atoms with Crippen molar-refractivity contribution in [1.29, 1.82) is 0 Å². The summed E-state index contributed by atoms with van der Waals surface area (Å²) in [6.45, 7) is 13.4. The zero-order valence-corrected chi connectivity index (χ0v) is 13.8. The first-order valence-electron chi connectivity index (χ1n) is 7.59. The number of ether oxygens (including phenoxy) is 2. The number of aliphatic hydroxyl groups is 1. The van der Waals surface area contributed by atoms with Crippen LogP contribution in [0.5, 0.6) is 0 Å². The van der Waals surface area contributed by atoms with Crippen molar-refractivity contribution in [3.8, 4) is 0 Å². The third-order valence-corrected chi connectivity index (χ3v) is 4.34. The van der Waals surface area contributed by atoms with Crippen molar-refractivity contribution in [1.82, 2.24) is 0 Å². The Labute approximate surface area is 122 Å². The Balaban J connectivity index is 2.93. The average Bonchev–Trinajstić information content (AvgIpc) is 2.27. The third-order valence-electron chi connectivity index (χ3n) is 4.34. The number of carbonyl (C=O) groups excluding carboxylic acids is 1. The van der Waals surface area contributed by atoms with Crippen LogP contribution in [0.3, 0.4) is 0 Å². The molecule has 1 aliphatic heterocycles. The Morgan fingerprint density at radius 2 is 1.90 bits per heavy atom. The largest absolute Gasteiger partial charge is 0.457 e. The van der Waals surface area contributed by atoms with Gasteiger partial charge in [0, 0.05) is 6.92 Å². The fourth-order valence-corrected chi connectivity index (χ4v) is 3.10. The van der Waals surface area contributed by atoms with Gasteiger partial charge in [0.2, 0.25) is 0 Å². The number of esters is 1. The molecule has 0 aromatic heterocycles. The molecule has 0 aliphatic carbocycles. The Kier molecular flexibility index (Phi) is 5.61. The number of carbonyl (C=O) groups is 1. The molecule has 1 fully saturated rings. The molecule has 0 amide bonds. The highest BCUT2D eigenvalue weighted by Crippen LogP contribution is 2.37. The lowest BCUT2D eigenvalue weighted by molar-refractivity contribution is -0.210. The van der Waals surface area contributed by atoms with E-state index in [4.69, 9.17) is 9.47 Å². The molecule has 0 spiro atoms. The summed E-state index contributed by atoms with van der Waals surface area (Å²) >= 11 is 0. The molecule has 1 saturated heterocycles. The van der Waals surface area contributed by atoms with E-state index in [0.29, 0.717) is 17.8 Å². The maximum Gasteiger partial charge on any atom is 0.303 e. The average molecular weight is 286 g/mol. The highest BCUT2D eigenvalue weighted by Gasteiger charge is 2.44. The lowest BCUT2D eigenvalue weighted by Gasteiger charge is -2.45. The number of rotatable bonds is 4. The van der Waals surface area contributed by atoms with Crippen LogP contribution < -0.4 is 0 Å². The van der Waals surface area contributed by atoms with Gasteiger partial charge in [0.25, 0.3) is 0 Å². The molecule has 3 unspecified atom stereocenters. The molecular formula is C16H30O4. The van der Waals surface area contributed by atoms with Crippen molar-refractivity contribution in [3.05, 3.63) is 0 Å². The minimum Gasteiger partial charge on any atom is -0.457 e. The monoisotopic (exact) mass is 286 g/mol. The van der Waals surface area contributed by atoms with Crippen LogP contribution in [0.25, 0.3) is 0 Å². The van der Waals surface area contributed by atoms with Crippen LogP contribution in [0.15, 0.2) is 0 Å². The van der Waals surface area contributed by atoms with Crippen molar-refractivity contribution < 1.29 is 19.4 Å². The quantitative estimate of drug-likeness (QED) is 0.807. The maximum atomic E-state index is 11.3. The topological polar surface area (TPSA) is 55.8 Å². The van der Waals surface area contributed by atoms with E-state index in [1.165, 1.54) is 6.92 Å². The van der Waals surface area contributed by atoms with E-state index in [9.17, 15) is 9.90 Å². The Hall–Kier alpha value is -0.610. The van der Waals surface area contributed by atoms with E-state index in [2.05, 4.69) is 27.7 Å². The summed E-state index contributed by atoms with van der Waals surface area (Å²) in [5, 5.41) is 10.3. The second-order valence-electron chi connectivity index (χ2n) is 7.14. The SMILES string of the molecule is CC(=O)O[C@@H](C1C[C@@H](C)C(C)C(C(C)C)O1)C(C)(C)O. The van der Waals surface area contributed by atoms with Gasteiger partial charge in [-0.1, -0.05) is 27.7 Å².